The molecule has 0 aromatic carbocycles. The lowest BCUT2D eigenvalue weighted by Crippen LogP contribution is -2.42. The first-order valence-electron chi connectivity index (χ1n) is 6.73. The molecule has 2 aliphatic heterocycles. The highest BCUT2D eigenvalue weighted by Crippen LogP contribution is 2.28. The minimum absolute atomic E-state index is 0.497. The monoisotopic (exact) mass is 248 g/mol. The molecule has 2 fully saturated rings. The lowest BCUT2D eigenvalue weighted by Gasteiger charge is -2.35. The lowest BCUT2D eigenvalue weighted by molar-refractivity contribution is 0.187. The quantitative estimate of drug-likeness (QED) is 0.879. The average Bonchev–Trinajstić information content (AvgIpc) is 2.86. The maximum atomic E-state index is 5.11. The highest BCUT2D eigenvalue weighted by atomic mass is 16.5. The summed E-state index contributed by atoms with van der Waals surface area (Å²) in [6, 6.07) is 3.03. The molecule has 5 nitrogen and oxygen atoms in total. The molecule has 0 spiro atoms. The van der Waals surface area contributed by atoms with Gasteiger partial charge in [-0.05, 0) is 32.2 Å². The molecule has 0 bridgehead atoms. The van der Waals surface area contributed by atoms with Crippen molar-refractivity contribution in [3.8, 4) is 5.88 Å². The average molecular weight is 248 g/mol. The van der Waals surface area contributed by atoms with Crippen LogP contribution in [0.1, 0.15) is 25.7 Å². The largest absolute Gasteiger partial charge is 0.481 e. The summed E-state index contributed by atoms with van der Waals surface area (Å²) in [6.07, 6.45) is 6.82. The maximum absolute atomic E-state index is 5.11. The molecule has 0 radical (unpaired) electrons. The Labute approximate surface area is 108 Å². The fourth-order valence-electron chi connectivity index (χ4n) is 3.06. The predicted octanol–water partition coefficient (Wildman–Crippen LogP) is 1.52. The SMILES string of the molecule is COc1ccnc(NC2CCN3CCCC3C2)n1. The molecule has 98 valence electrons. The van der Waals surface area contributed by atoms with Crippen LogP contribution in [0, 0.1) is 0 Å². The number of fused-ring (bicyclic) bond motifs is 1. The third-order valence-electron chi connectivity index (χ3n) is 3.99. The smallest absolute Gasteiger partial charge is 0.226 e. The standard InChI is InChI=1S/C13H20N4O/c1-18-12-4-6-14-13(16-12)15-10-5-8-17-7-2-3-11(17)9-10/h4,6,10-11H,2-3,5,7-9H2,1H3,(H,14,15,16). The van der Waals surface area contributed by atoms with E-state index in [1.807, 2.05) is 0 Å². The Morgan fingerprint density at radius 2 is 2.33 bits per heavy atom. The number of anilines is 1. The highest BCUT2D eigenvalue weighted by Gasteiger charge is 2.31. The van der Waals surface area contributed by atoms with Gasteiger partial charge >= 0.3 is 0 Å². The topological polar surface area (TPSA) is 50.3 Å². The molecule has 0 saturated carbocycles. The van der Waals surface area contributed by atoms with Gasteiger partial charge in [-0.3, -0.25) is 0 Å². The zero-order chi connectivity index (χ0) is 12.4. The van der Waals surface area contributed by atoms with Crippen LogP contribution in [0.5, 0.6) is 5.88 Å². The van der Waals surface area contributed by atoms with E-state index in [-0.39, 0.29) is 0 Å². The van der Waals surface area contributed by atoms with E-state index in [0.717, 1.165) is 6.04 Å². The summed E-state index contributed by atoms with van der Waals surface area (Å²) < 4.78 is 5.11. The van der Waals surface area contributed by atoms with Crippen LogP contribution in [0.4, 0.5) is 5.95 Å². The fraction of sp³-hybridized carbons (Fsp3) is 0.692. The Kier molecular flexibility index (Phi) is 3.32. The molecule has 18 heavy (non-hydrogen) atoms. The Morgan fingerprint density at radius 1 is 1.39 bits per heavy atom. The number of methoxy groups -OCH3 is 1. The van der Waals surface area contributed by atoms with Crippen molar-refractivity contribution in [2.45, 2.75) is 37.8 Å². The van der Waals surface area contributed by atoms with Gasteiger partial charge in [-0.25, -0.2) is 4.98 Å². The van der Waals surface area contributed by atoms with Crippen molar-refractivity contribution in [1.82, 2.24) is 14.9 Å². The van der Waals surface area contributed by atoms with Gasteiger partial charge in [0.15, 0.2) is 0 Å². The molecule has 5 heteroatoms. The van der Waals surface area contributed by atoms with Crippen molar-refractivity contribution < 1.29 is 4.74 Å². The second-order valence-corrected chi connectivity index (χ2v) is 5.12. The predicted molar refractivity (Wildman–Crippen MR) is 69.8 cm³/mol. The Hall–Kier alpha value is -1.36. The van der Waals surface area contributed by atoms with Crippen molar-refractivity contribution in [2.75, 3.05) is 25.5 Å². The van der Waals surface area contributed by atoms with Gasteiger partial charge in [-0.1, -0.05) is 0 Å². The first-order valence-corrected chi connectivity index (χ1v) is 6.73. The summed E-state index contributed by atoms with van der Waals surface area (Å²) in [5.41, 5.74) is 0. The van der Waals surface area contributed by atoms with Gasteiger partial charge in [0, 0.05) is 30.9 Å². The number of nitrogens with zero attached hydrogens (tertiary/aromatic N) is 3. The molecule has 2 atom stereocenters. The number of aromatic nitrogens is 2. The van der Waals surface area contributed by atoms with Crippen molar-refractivity contribution in [3.63, 3.8) is 0 Å². The molecular weight excluding hydrogens is 228 g/mol. The molecule has 1 N–H and O–H groups in total. The summed E-state index contributed by atoms with van der Waals surface area (Å²) in [4.78, 5) is 11.2. The molecular formula is C13H20N4O. The van der Waals surface area contributed by atoms with Crippen LogP contribution in [-0.4, -0.2) is 47.2 Å². The van der Waals surface area contributed by atoms with Crippen molar-refractivity contribution >= 4 is 5.95 Å². The zero-order valence-corrected chi connectivity index (χ0v) is 10.8. The van der Waals surface area contributed by atoms with Crippen molar-refractivity contribution in [1.29, 1.82) is 0 Å². The van der Waals surface area contributed by atoms with Gasteiger partial charge in [0.05, 0.1) is 7.11 Å². The third kappa shape index (κ3) is 2.41. The molecule has 1 aromatic rings. The van der Waals surface area contributed by atoms with Crippen LogP contribution in [0.2, 0.25) is 0 Å². The van der Waals surface area contributed by atoms with Crippen LogP contribution >= 0.6 is 0 Å². The van der Waals surface area contributed by atoms with E-state index in [2.05, 4.69) is 20.2 Å². The number of hydrogen-bond acceptors (Lipinski definition) is 5. The molecule has 2 unspecified atom stereocenters. The van der Waals surface area contributed by atoms with Crippen LogP contribution in [0.3, 0.4) is 0 Å². The van der Waals surface area contributed by atoms with Crippen LogP contribution in [-0.2, 0) is 0 Å². The second kappa shape index (κ2) is 5.10. The first kappa shape index (κ1) is 11.7. The Balaban J connectivity index is 1.62. The van der Waals surface area contributed by atoms with Crippen LogP contribution < -0.4 is 10.1 Å². The molecule has 2 aliphatic rings. The van der Waals surface area contributed by atoms with E-state index in [1.165, 1.54) is 38.8 Å². The molecule has 0 amide bonds. The van der Waals surface area contributed by atoms with Crippen LogP contribution in [0.25, 0.3) is 0 Å². The molecule has 3 heterocycles. The number of ether oxygens (including phenoxy) is 1. The highest BCUT2D eigenvalue weighted by molar-refractivity contribution is 5.29. The van der Waals surface area contributed by atoms with E-state index in [4.69, 9.17) is 4.74 Å². The van der Waals surface area contributed by atoms with Gasteiger partial charge in [-0.15, -0.1) is 0 Å². The summed E-state index contributed by atoms with van der Waals surface area (Å²) in [7, 11) is 1.63. The second-order valence-electron chi connectivity index (χ2n) is 5.12. The fourth-order valence-corrected chi connectivity index (χ4v) is 3.06. The van der Waals surface area contributed by atoms with E-state index in [9.17, 15) is 0 Å². The summed E-state index contributed by atoms with van der Waals surface area (Å²) in [5.74, 6) is 1.30. The molecule has 3 rings (SSSR count). The van der Waals surface area contributed by atoms with Crippen molar-refractivity contribution in [3.05, 3.63) is 12.3 Å². The van der Waals surface area contributed by atoms with E-state index in [0.29, 0.717) is 17.9 Å². The molecule has 0 aliphatic carbocycles. The number of nitrogens with one attached hydrogen (secondary N) is 1. The number of hydrogen-bond donors (Lipinski definition) is 1. The minimum Gasteiger partial charge on any atom is -0.481 e. The Bertz CT molecular complexity index is 412. The third-order valence-corrected chi connectivity index (χ3v) is 3.99. The summed E-state index contributed by atoms with van der Waals surface area (Å²) in [5, 5.41) is 3.44. The number of piperidine rings is 1. The van der Waals surface area contributed by atoms with Gasteiger partial charge in [0.1, 0.15) is 0 Å². The van der Waals surface area contributed by atoms with Gasteiger partial charge in [-0.2, -0.15) is 4.98 Å². The summed E-state index contributed by atoms with van der Waals surface area (Å²) in [6.45, 7) is 2.49. The van der Waals surface area contributed by atoms with E-state index >= 15 is 0 Å². The van der Waals surface area contributed by atoms with E-state index in [1.54, 1.807) is 19.4 Å². The lowest BCUT2D eigenvalue weighted by atomic mass is 9.98. The normalized spacial score (nSPS) is 27.8. The first-order chi connectivity index (χ1) is 8.85. The maximum Gasteiger partial charge on any atom is 0.226 e. The summed E-state index contributed by atoms with van der Waals surface area (Å²) >= 11 is 0. The van der Waals surface area contributed by atoms with Gasteiger partial charge in [0.25, 0.3) is 0 Å². The van der Waals surface area contributed by atoms with Crippen molar-refractivity contribution in [2.24, 2.45) is 0 Å². The molecule has 1 aromatic heterocycles. The number of rotatable bonds is 3. The zero-order valence-electron chi connectivity index (χ0n) is 10.8. The Morgan fingerprint density at radius 3 is 3.22 bits per heavy atom. The van der Waals surface area contributed by atoms with Gasteiger partial charge in [0.2, 0.25) is 11.8 Å². The minimum atomic E-state index is 0.497. The van der Waals surface area contributed by atoms with Crippen LogP contribution in [0.15, 0.2) is 12.3 Å². The van der Waals surface area contributed by atoms with E-state index < -0.39 is 0 Å². The molecule has 2 saturated heterocycles. The van der Waals surface area contributed by atoms with Gasteiger partial charge < -0.3 is 15.0 Å².